The lowest BCUT2D eigenvalue weighted by atomic mass is 10.2. The molecule has 2 rings (SSSR count). The Bertz CT molecular complexity index is 510. The zero-order chi connectivity index (χ0) is 12.3. The largest absolute Gasteiger partial charge is 0.364 e. The molecule has 3 nitrogen and oxygen atoms in total. The van der Waals surface area contributed by atoms with E-state index in [4.69, 9.17) is 11.6 Å². The first-order valence-corrected chi connectivity index (χ1v) is 5.78. The summed E-state index contributed by atoms with van der Waals surface area (Å²) in [7, 11) is 0. The molecule has 0 saturated heterocycles. The lowest BCUT2D eigenvalue weighted by Crippen LogP contribution is -2.03. The van der Waals surface area contributed by atoms with Gasteiger partial charge in [0.2, 0.25) is 0 Å². The minimum atomic E-state index is -0.306. The molecule has 1 aromatic heterocycles. The minimum absolute atomic E-state index is 0.306. The maximum absolute atomic E-state index is 13.5. The van der Waals surface area contributed by atoms with Crippen LogP contribution in [0.15, 0.2) is 30.5 Å². The van der Waals surface area contributed by atoms with Gasteiger partial charge in [-0.3, -0.25) is 4.68 Å². The van der Waals surface area contributed by atoms with Crippen molar-refractivity contribution in [1.29, 1.82) is 0 Å². The highest BCUT2D eigenvalue weighted by Crippen LogP contribution is 2.15. The third-order valence-corrected chi connectivity index (χ3v) is 2.67. The van der Waals surface area contributed by atoms with Crippen molar-refractivity contribution in [2.45, 2.75) is 20.0 Å². The highest BCUT2D eigenvalue weighted by Gasteiger charge is 2.03. The molecular formula is C12H13ClFN3. The number of benzene rings is 1. The molecule has 17 heavy (non-hydrogen) atoms. The van der Waals surface area contributed by atoms with Crippen molar-refractivity contribution in [2.75, 3.05) is 5.32 Å². The summed E-state index contributed by atoms with van der Waals surface area (Å²) in [6.45, 7) is 3.22. The van der Waals surface area contributed by atoms with E-state index in [1.54, 1.807) is 16.8 Å². The molecular weight excluding hydrogens is 241 g/mol. The van der Waals surface area contributed by atoms with Crippen molar-refractivity contribution in [2.24, 2.45) is 0 Å². The zero-order valence-corrected chi connectivity index (χ0v) is 10.2. The van der Waals surface area contributed by atoms with Gasteiger partial charge in [-0.2, -0.15) is 5.10 Å². The number of rotatable bonds is 4. The predicted octanol–water partition coefficient (Wildman–Crippen LogP) is 3.31. The molecule has 0 bridgehead atoms. The Morgan fingerprint density at radius 1 is 1.41 bits per heavy atom. The van der Waals surface area contributed by atoms with Crippen LogP contribution in [0.5, 0.6) is 0 Å². The summed E-state index contributed by atoms with van der Waals surface area (Å²) in [4.78, 5) is 0. The highest BCUT2D eigenvalue weighted by molar-refractivity contribution is 6.30. The number of aryl methyl sites for hydroxylation is 1. The molecule has 1 N–H and O–H groups in total. The van der Waals surface area contributed by atoms with Crippen LogP contribution in [0, 0.1) is 5.82 Å². The van der Waals surface area contributed by atoms with Crippen molar-refractivity contribution in [1.82, 2.24) is 9.78 Å². The van der Waals surface area contributed by atoms with E-state index in [1.165, 1.54) is 6.07 Å². The molecule has 5 heteroatoms. The van der Waals surface area contributed by atoms with E-state index in [0.717, 1.165) is 12.4 Å². The van der Waals surface area contributed by atoms with E-state index in [-0.39, 0.29) is 5.82 Å². The number of hydrogen-bond donors (Lipinski definition) is 1. The average Bonchev–Trinajstić information content (AvgIpc) is 2.76. The van der Waals surface area contributed by atoms with Gasteiger partial charge >= 0.3 is 0 Å². The van der Waals surface area contributed by atoms with Gasteiger partial charge in [0.25, 0.3) is 0 Å². The first kappa shape index (κ1) is 11.9. The number of halogens is 2. The lowest BCUT2D eigenvalue weighted by Gasteiger charge is -2.05. The van der Waals surface area contributed by atoms with Crippen molar-refractivity contribution in [3.8, 4) is 0 Å². The van der Waals surface area contributed by atoms with E-state index >= 15 is 0 Å². The number of hydrogen-bond acceptors (Lipinski definition) is 2. The summed E-state index contributed by atoms with van der Waals surface area (Å²) >= 11 is 5.68. The second-order valence-corrected chi connectivity index (χ2v) is 4.08. The summed E-state index contributed by atoms with van der Waals surface area (Å²) < 4.78 is 15.3. The molecule has 0 atom stereocenters. The standard InChI is InChI=1S/C12H13ClFN3/c1-2-17-6-5-12(16-17)15-8-9-3-4-10(13)7-11(9)14/h3-7H,2,8H2,1H3,(H,15,16). The Hall–Kier alpha value is -1.55. The molecule has 0 amide bonds. The van der Waals surface area contributed by atoms with E-state index in [0.29, 0.717) is 17.1 Å². The maximum atomic E-state index is 13.5. The summed E-state index contributed by atoms with van der Waals surface area (Å²) in [5.41, 5.74) is 0.570. The normalized spacial score (nSPS) is 10.5. The molecule has 2 aromatic rings. The molecule has 90 valence electrons. The van der Waals surface area contributed by atoms with Crippen LogP contribution in [0.3, 0.4) is 0 Å². The van der Waals surface area contributed by atoms with Gasteiger partial charge < -0.3 is 5.32 Å². The molecule has 0 unspecified atom stereocenters. The Balaban J connectivity index is 2.02. The Morgan fingerprint density at radius 2 is 2.24 bits per heavy atom. The number of anilines is 1. The van der Waals surface area contributed by atoms with Gasteiger partial charge in [0.1, 0.15) is 11.6 Å². The van der Waals surface area contributed by atoms with Gasteiger partial charge in [-0.05, 0) is 19.1 Å². The van der Waals surface area contributed by atoms with Crippen LogP contribution in [0.4, 0.5) is 10.2 Å². The average molecular weight is 254 g/mol. The second-order valence-electron chi connectivity index (χ2n) is 3.65. The van der Waals surface area contributed by atoms with E-state index in [1.807, 2.05) is 19.2 Å². The van der Waals surface area contributed by atoms with Crippen LogP contribution in [-0.4, -0.2) is 9.78 Å². The Morgan fingerprint density at radius 3 is 2.88 bits per heavy atom. The lowest BCUT2D eigenvalue weighted by molar-refractivity contribution is 0.612. The quantitative estimate of drug-likeness (QED) is 0.906. The van der Waals surface area contributed by atoms with Crippen LogP contribution in [0.1, 0.15) is 12.5 Å². The van der Waals surface area contributed by atoms with Gasteiger partial charge in [0.15, 0.2) is 0 Å². The zero-order valence-electron chi connectivity index (χ0n) is 9.45. The van der Waals surface area contributed by atoms with Crippen molar-refractivity contribution in [3.63, 3.8) is 0 Å². The van der Waals surface area contributed by atoms with E-state index in [2.05, 4.69) is 10.4 Å². The fourth-order valence-corrected chi connectivity index (χ4v) is 1.64. The molecule has 1 heterocycles. The predicted molar refractivity (Wildman–Crippen MR) is 66.6 cm³/mol. The molecule has 0 saturated carbocycles. The number of aromatic nitrogens is 2. The number of nitrogens with zero attached hydrogens (tertiary/aromatic N) is 2. The van der Waals surface area contributed by atoms with Crippen LogP contribution in [-0.2, 0) is 13.1 Å². The van der Waals surface area contributed by atoms with Gasteiger partial charge in [-0.15, -0.1) is 0 Å². The van der Waals surface area contributed by atoms with Gasteiger partial charge in [-0.1, -0.05) is 17.7 Å². The van der Waals surface area contributed by atoms with E-state index in [9.17, 15) is 4.39 Å². The fourth-order valence-electron chi connectivity index (χ4n) is 1.48. The molecule has 0 aliphatic rings. The van der Waals surface area contributed by atoms with Crippen molar-refractivity contribution < 1.29 is 4.39 Å². The first-order valence-electron chi connectivity index (χ1n) is 5.40. The van der Waals surface area contributed by atoms with Crippen molar-refractivity contribution in [3.05, 3.63) is 46.9 Å². The first-order chi connectivity index (χ1) is 8.19. The highest BCUT2D eigenvalue weighted by atomic mass is 35.5. The minimum Gasteiger partial charge on any atom is -0.364 e. The van der Waals surface area contributed by atoms with Crippen LogP contribution >= 0.6 is 11.6 Å². The van der Waals surface area contributed by atoms with Gasteiger partial charge in [-0.25, -0.2) is 4.39 Å². The third-order valence-electron chi connectivity index (χ3n) is 2.44. The van der Waals surface area contributed by atoms with Gasteiger partial charge in [0, 0.05) is 35.9 Å². The summed E-state index contributed by atoms with van der Waals surface area (Å²) in [5.74, 6) is 0.432. The third kappa shape index (κ3) is 2.97. The topological polar surface area (TPSA) is 29.9 Å². The smallest absolute Gasteiger partial charge is 0.148 e. The summed E-state index contributed by atoms with van der Waals surface area (Å²) in [6.07, 6.45) is 1.88. The fraction of sp³-hybridized carbons (Fsp3) is 0.250. The molecule has 0 aliphatic heterocycles. The molecule has 0 fully saturated rings. The van der Waals surface area contributed by atoms with Gasteiger partial charge in [0.05, 0.1) is 0 Å². The van der Waals surface area contributed by atoms with Crippen LogP contribution < -0.4 is 5.32 Å². The number of nitrogens with one attached hydrogen (secondary N) is 1. The van der Waals surface area contributed by atoms with E-state index < -0.39 is 0 Å². The summed E-state index contributed by atoms with van der Waals surface area (Å²) in [5, 5.41) is 7.71. The molecule has 0 radical (unpaired) electrons. The molecule has 0 spiro atoms. The Kier molecular flexibility index (Phi) is 3.64. The SMILES string of the molecule is CCn1ccc(NCc2ccc(Cl)cc2F)n1. The maximum Gasteiger partial charge on any atom is 0.148 e. The van der Waals surface area contributed by atoms with Crippen molar-refractivity contribution >= 4 is 17.4 Å². The molecule has 1 aromatic carbocycles. The second kappa shape index (κ2) is 5.19. The van der Waals surface area contributed by atoms with Crippen LogP contribution in [0.2, 0.25) is 5.02 Å². The summed E-state index contributed by atoms with van der Waals surface area (Å²) in [6, 6.07) is 6.51. The Labute approximate surface area is 104 Å². The monoisotopic (exact) mass is 253 g/mol. The molecule has 0 aliphatic carbocycles. The van der Waals surface area contributed by atoms with Crippen LogP contribution in [0.25, 0.3) is 0 Å².